The number of piperidine rings is 2. The number of likely N-dealkylation sites (tertiary alicyclic amines) is 1. The molecule has 1 aromatic carbocycles. The van der Waals surface area contributed by atoms with Gasteiger partial charge in [0.05, 0.1) is 0 Å². The van der Waals surface area contributed by atoms with E-state index < -0.39 is 6.04 Å². The average molecular weight is 396 g/mol. The molecule has 0 radical (unpaired) electrons. The Kier molecular flexibility index (Phi) is 4.47. The molecule has 2 saturated heterocycles. The molecule has 154 valence electrons. The Hall–Kier alpha value is -2.25. The highest BCUT2D eigenvalue weighted by atomic mass is 16.2. The summed E-state index contributed by atoms with van der Waals surface area (Å²) in [6.45, 7) is 2.16. The van der Waals surface area contributed by atoms with Crippen molar-refractivity contribution >= 4 is 17.7 Å². The van der Waals surface area contributed by atoms with Crippen LogP contribution in [0.2, 0.25) is 0 Å². The zero-order chi connectivity index (χ0) is 20.2. The van der Waals surface area contributed by atoms with Crippen LogP contribution in [0, 0.1) is 0 Å². The van der Waals surface area contributed by atoms with Crippen molar-refractivity contribution in [2.75, 3.05) is 6.54 Å². The third-order valence-electron chi connectivity index (χ3n) is 7.37. The number of amides is 3. The minimum Gasteiger partial charge on any atom is -0.328 e. The van der Waals surface area contributed by atoms with Gasteiger partial charge in [-0.15, -0.1) is 0 Å². The number of carbonyl (C=O) groups excluding carboxylic acids is 3. The average Bonchev–Trinajstić information content (AvgIpc) is 2.99. The maximum Gasteiger partial charge on any atom is 0.255 e. The Labute approximate surface area is 170 Å². The van der Waals surface area contributed by atoms with Crippen LogP contribution in [0.25, 0.3) is 0 Å². The van der Waals surface area contributed by atoms with Crippen molar-refractivity contribution in [3.63, 3.8) is 0 Å². The third kappa shape index (κ3) is 3.07. The van der Waals surface area contributed by atoms with E-state index in [9.17, 15) is 14.4 Å². The summed E-state index contributed by atoms with van der Waals surface area (Å²) >= 11 is 0. The zero-order valence-corrected chi connectivity index (χ0v) is 16.7. The van der Waals surface area contributed by atoms with Gasteiger partial charge in [0, 0.05) is 43.2 Å². The molecule has 3 amide bonds. The Balaban J connectivity index is 1.39. The standard InChI is InChI=1S/C22H28N4O3/c23-16-7-10-25(22(11-16)8-2-9-22)12-14-3-1-4-15-13-26(21(29)19(14)15)17-5-6-18(27)24-20(17)28/h1,3-4,16-17H,2,5-13,23H2,(H,24,27,28). The lowest BCUT2D eigenvalue weighted by Crippen LogP contribution is -2.60. The van der Waals surface area contributed by atoms with Gasteiger partial charge in [0.1, 0.15) is 6.04 Å². The number of carbonyl (C=O) groups is 3. The number of nitrogens with two attached hydrogens (primary N) is 1. The van der Waals surface area contributed by atoms with Crippen LogP contribution in [0.3, 0.4) is 0 Å². The van der Waals surface area contributed by atoms with E-state index in [1.54, 1.807) is 4.90 Å². The van der Waals surface area contributed by atoms with Crippen LogP contribution in [0.5, 0.6) is 0 Å². The summed E-state index contributed by atoms with van der Waals surface area (Å²) in [6, 6.07) is 5.75. The third-order valence-corrected chi connectivity index (χ3v) is 7.37. The summed E-state index contributed by atoms with van der Waals surface area (Å²) in [5.74, 6) is -0.700. The lowest BCUT2D eigenvalue weighted by molar-refractivity contribution is -0.136. The Morgan fingerprint density at radius 1 is 1.17 bits per heavy atom. The number of nitrogens with one attached hydrogen (secondary N) is 1. The number of hydrogen-bond acceptors (Lipinski definition) is 5. The van der Waals surface area contributed by atoms with Crippen molar-refractivity contribution in [1.82, 2.24) is 15.1 Å². The molecule has 7 heteroatoms. The van der Waals surface area contributed by atoms with E-state index in [0.717, 1.165) is 42.6 Å². The Morgan fingerprint density at radius 2 is 2.00 bits per heavy atom. The lowest BCUT2D eigenvalue weighted by atomic mass is 9.68. The van der Waals surface area contributed by atoms with Crippen molar-refractivity contribution in [2.24, 2.45) is 5.73 Å². The van der Waals surface area contributed by atoms with Gasteiger partial charge in [-0.2, -0.15) is 0 Å². The van der Waals surface area contributed by atoms with E-state index in [2.05, 4.69) is 10.2 Å². The van der Waals surface area contributed by atoms with E-state index in [-0.39, 0.29) is 35.7 Å². The fourth-order valence-corrected chi connectivity index (χ4v) is 5.66. The number of nitrogens with zero attached hydrogens (tertiary/aromatic N) is 2. The van der Waals surface area contributed by atoms with Gasteiger partial charge in [0.15, 0.2) is 0 Å². The molecule has 7 nitrogen and oxygen atoms in total. The van der Waals surface area contributed by atoms with Crippen LogP contribution in [0.4, 0.5) is 0 Å². The number of hydrogen-bond donors (Lipinski definition) is 2. The molecule has 1 aromatic rings. The summed E-state index contributed by atoms with van der Waals surface area (Å²) in [7, 11) is 0. The van der Waals surface area contributed by atoms with Gasteiger partial charge in [-0.1, -0.05) is 18.2 Å². The predicted molar refractivity (Wildman–Crippen MR) is 107 cm³/mol. The molecule has 0 bridgehead atoms. The molecule has 2 unspecified atom stereocenters. The van der Waals surface area contributed by atoms with E-state index in [1.165, 1.54) is 19.3 Å². The van der Waals surface area contributed by atoms with Crippen molar-refractivity contribution < 1.29 is 14.4 Å². The maximum atomic E-state index is 13.3. The van der Waals surface area contributed by atoms with Crippen LogP contribution in [-0.4, -0.2) is 51.7 Å². The SMILES string of the molecule is NC1CCN(Cc2cccc3c2C(=O)N(C2CCC(=O)NC2=O)C3)C2(CCC2)C1. The molecule has 3 fully saturated rings. The number of rotatable bonds is 3. The number of benzene rings is 1. The van der Waals surface area contributed by atoms with Crippen LogP contribution in [0.15, 0.2) is 18.2 Å². The number of imide groups is 1. The first-order valence-corrected chi connectivity index (χ1v) is 10.7. The molecule has 1 saturated carbocycles. The minimum atomic E-state index is -0.564. The van der Waals surface area contributed by atoms with E-state index in [0.29, 0.717) is 13.0 Å². The smallest absolute Gasteiger partial charge is 0.255 e. The Bertz CT molecular complexity index is 879. The molecule has 3 heterocycles. The highest BCUT2D eigenvalue weighted by Gasteiger charge is 2.46. The molecule has 5 rings (SSSR count). The largest absolute Gasteiger partial charge is 0.328 e. The fraction of sp³-hybridized carbons (Fsp3) is 0.591. The normalized spacial score (nSPS) is 29.0. The topological polar surface area (TPSA) is 95.7 Å². The second-order valence-electron chi connectivity index (χ2n) is 9.10. The van der Waals surface area contributed by atoms with Gasteiger partial charge in [-0.3, -0.25) is 24.6 Å². The lowest BCUT2D eigenvalue weighted by Gasteiger charge is -2.55. The molecule has 29 heavy (non-hydrogen) atoms. The number of fused-ring (bicyclic) bond motifs is 1. The maximum absolute atomic E-state index is 13.3. The molecule has 3 N–H and O–H groups in total. The molecule has 4 aliphatic rings. The van der Waals surface area contributed by atoms with E-state index >= 15 is 0 Å². The predicted octanol–water partition coefficient (Wildman–Crippen LogP) is 1.29. The molecule has 2 atom stereocenters. The van der Waals surface area contributed by atoms with Gasteiger partial charge in [0.25, 0.3) is 5.91 Å². The summed E-state index contributed by atoms with van der Waals surface area (Å²) in [6.07, 6.45) is 6.33. The first-order chi connectivity index (χ1) is 14.0. The monoisotopic (exact) mass is 396 g/mol. The Morgan fingerprint density at radius 3 is 2.72 bits per heavy atom. The van der Waals surface area contributed by atoms with Crippen LogP contribution >= 0.6 is 0 Å². The van der Waals surface area contributed by atoms with E-state index in [4.69, 9.17) is 5.73 Å². The fourth-order valence-electron chi connectivity index (χ4n) is 5.66. The van der Waals surface area contributed by atoms with Crippen molar-refractivity contribution in [3.05, 3.63) is 34.9 Å². The van der Waals surface area contributed by atoms with Crippen LogP contribution in [-0.2, 0) is 22.7 Å². The zero-order valence-electron chi connectivity index (χ0n) is 16.7. The molecular weight excluding hydrogens is 368 g/mol. The quantitative estimate of drug-likeness (QED) is 0.751. The molecule has 0 aromatic heterocycles. The summed E-state index contributed by atoms with van der Waals surface area (Å²) < 4.78 is 0. The van der Waals surface area contributed by atoms with Crippen LogP contribution in [0.1, 0.15) is 66.4 Å². The highest BCUT2D eigenvalue weighted by molar-refractivity contribution is 6.06. The molecule has 3 aliphatic heterocycles. The second-order valence-corrected chi connectivity index (χ2v) is 9.10. The summed E-state index contributed by atoms with van der Waals surface area (Å²) in [4.78, 5) is 41.3. The van der Waals surface area contributed by atoms with Crippen LogP contribution < -0.4 is 11.1 Å². The molecule has 1 spiro atoms. The van der Waals surface area contributed by atoms with Gasteiger partial charge >= 0.3 is 0 Å². The first kappa shape index (κ1) is 18.8. The second kappa shape index (κ2) is 6.92. The van der Waals surface area contributed by atoms with E-state index in [1.807, 2.05) is 18.2 Å². The molecular formula is C22H28N4O3. The van der Waals surface area contributed by atoms with Crippen molar-refractivity contribution in [2.45, 2.75) is 75.7 Å². The van der Waals surface area contributed by atoms with Crippen molar-refractivity contribution in [1.29, 1.82) is 0 Å². The van der Waals surface area contributed by atoms with Gasteiger partial charge < -0.3 is 10.6 Å². The summed E-state index contributed by atoms with van der Waals surface area (Å²) in [5.41, 5.74) is 9.24. The van der Waals surface area contributed by atoms with Gasteiger partial charge in [0.2, 0.25) is 11.8 Å². The van der Waals surface area contributed by atoms with Gasteiger partial charge in [-0.05, 0) is 49.7 Å². The van der Waals surface area contributed by atoms with Crippen molar-refractivity contribution in [3.8, 4) is 0 Å². The first-order valence-electron chi connectivity index (χ1n) is 10.7. The molecule has 1 aliphatic carbocycles. The summed E-state index contributed by atoms with van der Waals surface area (Å²) in [5, 5.41) is 2.37. The highest BCUT2D eigenvalue weighted by Crippen LogP contribution is 2.45. The minimum absolute atomic E-state index is 0.0820. The van der Waals surface area contributed by atoms with Gasteiger partial charge in [-0.25, -0.2) is 0 Å².